The third-order valence-electron chi connectivity index (χ3n) is 2.25. The van der Waals surface area contributed by atoms with E-state index in [0.29, 0.717) is 11.5 Å². The Labute approximate surface area is 98.6 Å². The molecule has 1 rings (SSSR count). The highest BCUT2D eigenvalue weighted by atomic mass is 19.4. The van der Waals surface area contributed by atoms with Gasteiger partial charge in [-0.3, -0.25) is 4.99 Å². The number of rotatable bonds is 2. The summed E-state index contributed by atoms with van der Waals surface area (Å²) in [5, 5.41) is 2.89. The predicted molar refractivity (Wildman–Crippen MR) is 63.3 cm³/mol. The van der Waals surface area contributed by atoms with Gasteiger partial charge in [-0.05, 0) is 18.2 Å². The summed E-state index contributed by atoms with van der Waals surface area (Å²) >= 11 is 0. The topological polar surface area (TPSA) is 24.4 Å². The van der Waals surface area contributed by atoms with Crippen molar-refractivity contribution < 1.29 is 13.2 Å². The van der Waals surface area contributed by atoms with E-state index in [4.69, 9.17) is 0 Å². The van der Waals surface area contributed by atoms with Gasteiger partial charge in [0.1, 0.15) is 5.84 Å². The van der Waals surface area contributed by atoms with Crippen LogP contribution in [0.5, 0.6) is 0 Å². The van der Waals surface area contributed by atoms with Gasteiger partial charge >= 0.3 is 6.18 Å². The van der Waals surface area contributed by atoms with Gasteiger partial charge in [0, 0.05) is 18.7 Å². The first-order chi connectivity index (χ1) is 7.84. The molecule has 0 spiro atoms. The van der Waals surface area contributed by atoms with E-state index in [2.05, 4.69) is 10.3 Å². The largest absolute Gasteiger partial charge is 0.416 e. The third kappa shape index (κ3) is 3.76. The second-order valence-corrected chi connectivity index (χ2v) is 3.97. The number of nitrogens with zero attached hydrogens (tertiary/aromatic N) is 1. The van der Waals surface area contributed by atoms with Gasteiger partial charge in [-0.15, -0.1) is 0 Å². The molecule has 0 unspecified atom stereocenters. The molecular weight excluding hydrogens is 229 g/mol. The average molecular weight is 244 g/mol. The van der Waals surface area contributed by atoms with Gasteiger partial charge in [-0.1, -0.05) is 19.9 Å². The molecule has 94 valence electrons. The lowest BCUT2D eigenvalue weighted by molar-refractivity contribution is -0.137. The van der Waals surface area contributed by atoms with Crippen LogP contribution in [-0.4, -0.2) is 12.9 Å². The Bertz CT molecular complexity index is 408. The molecule has 0 aliphatic heterocycles. The Balaban J connectivity index is 2.94. The maximum atomic E-state index is 12.5. The van der Waals surface area contributed by atoms with E-state index in [0.717, 1.165) is 12.1 Å². The van der Waals surface area contributed by atoms with E-state index in [9.17, 15) is 13.2 Å². The molecule has 0 heterocycles. The lowest BCUT2D eigenvalue weighted by atomic mass is 10.1. The Morgan fingerprint density at radius 2 is 1.94 bits per heavy atom. The van der Waals surface area contributed by atoms with E-state index in [1.165, 1.54) is 6.07 Å². The molecule has 5 heteroatoms. The SMILES string of the molecule is CN=C(Nc1cccc(C(F)(F)F)c1)C(C)C. The highest BCUT2D eigenvalue weighted by Crippen LogP contribution is 2.30. The number of hydrogen-bond acceptors (Lipinski definition) is 1. The van der Waals surface area contributed by atoms with Crippen LogP contribution >= 0.6 is 0 Å². The number of aliphatic imine (C=N–C) groups is 1. The second-order valence-electron chi connectivity index (χ2n) is 3.97. The van der Waals surface area contributed by atoms with Crippen LogP contribution in [0.4, 0.5) is 18.9 Å². The van der Waals surface area contributed by atoms with Crippen LogP contribution in [0.2, 0.25) is 0 Å². The Hall–Kier alpha value is -1.52. The summed E-state index contributed by atoms with van der Waals surface area (Å²) in [4.78, 5) is 4.00. The molecular formula is C12H15F3N2. The van der Waals surface area contributed by atoms with Crippen LogP contribution in [0, 0.1) is 5.92 Å². The molecule has 1 aromatic carbocycles. The quantitative estimate of drug-likeness (QED) is 0.621. The molecule has 0 fully saturated rings. The van der Waals surface area contributed by atoms with Crippen molar-refractivity contribution in [1.29, 1.82) is 0 Å². The van der Waals surface area contributed by atoms with Crippen molar-refractivity contribution in [2.45, 2.75) is 20.0 Å². The van der Waals surface area contributed by atoms with Gasteiger partial charge in [-0.25, -0.2) is 0 Å². The highest BCUT2D eigenvalue weighted by Gasteiger charge is 2.30. The molecule has 0 aliphatic rings. The first-order valence-corrected chi connectivity index (χ1v) is 5.25. The minimum absolute atomic E-state index is 0.134. The Kier molecular flexibility index (Phi) is 4.15. The van der Waals surface area contributed by atoms with E-state index in [1.807, 2.05) is 13.8 Å². The Morgan fingerprint density at radius 3 is 2.41 bits per heavy atom. The van der Waals surface area contributed by atoms with Crippen LogP contribution in [0.1, 0.15) is 19.4 Å². The number of halogens is 3. The normalized spacial score (nSPS) is 13.0. The smallest absolute Gasteiger partial charge is 0.344 e. The summed E-state index contributed by atoms with van der Waals surface area (Å²) in [6, 6.07) is 5.08. The lowest BCUT2D eigenvalue weighted by Crippen LogP contribution is -2.18. The van der Waals surface area contributed by atoms with Crippen LogP contribution in [0.15, 0.2) is 29.3 Å². The van der Waals surface area contributed by atoms with E-state index in [1.54, 1.807) is 13.1 Å². The minimum Gasteiger partial charge on any atom is -0.344 e. The summed E-state index contributed by atoms with van der Waals surface area (Å²) in [7, 11) is 1.61. The summed E-state index contributed by atoms with van der Waals surface area (Å²) in [6.07, 6.45) is -4.32. The van der Waals surface area contributed by atoms with Crippen molar-refractivity contribution in [3.8, 4) is 0 Å². The lowest BCUT2D eigenvalue weighted by Gasteiger charge is -2.14. The molecule has 17 heavy (non-hydrogen) atoms. The van der Waals surface area contributed by atoms with E-state index in [-0.39, 0.29) is 5.92 Å². The standard InChI is InChI=1S/C12H15F3N2/c1-8(2)11(16-3)17-10-6-4-5-9(7-10)12(13,14)15/h4-8H,1-3H3,(H,16,17). The van der Waals surface area contributed by atoms with E-state index >= 15 is 0 Å². The number of anilines is 1. The third-order valence-corrected chi connectivity index (χ3v) is 2.25. The fraction of sp³-hybridized carbons (Fsp3) is 0.417. The number of nitrogens with one attached hydrogen (secondary N) is 1. The second kappa shape index (κ2) is 5.21. The van der Waals surface area contributed by atoms with Gasteiger partial charge in [0.25, 0.3) is 0 Å². The van der Waals surface area contributed by atoms with Gasteiger partial charge in [-0.2, -0.15) is 13.2 Å². The molecule has 0 aliphatic carbocycles. The zero-order valence-electron chi connectivity index (χ0n) is 9.97. The summed E-state index contributed by atoms with van der Waals surface area (Å²) < 4.78 is 37.5. The van der Waals surface area contributed by atoms with E-state index < -0.39 is 11.7 Å². The van der Waals surface area contributed by atoms with Crippen molar-refractivity contribution in [2.24, 2.45) is 10.9 Å². The maximum Gasteiger partial charge on any atom is 0.416 e. The molecule has 0 atom stereocenters. The number of hydrogen-bond donors (Lipinski definition) is 1. The van der Waals surface area contributed by atoms with Crippen molar-refractivity contribution in [3.63, 3.8) is 0 Å². The maximum absolute atomic E-state index is 12.5. The molecule has 2 nitrogen and oxygen atoms in total. The highest BCUT2D eigenvalue weighted by molar-refractivity contribution is 5.96. The first-order valence-electron chi connectivity index (χ1n) is 5.25. The summed E-state index contributed by atoms with van der Waals surface area (Å²) in [5.74, 6) is 0.791. The molecule has 0 aromatic heterocycles. The van der Waals surface area contributed by atoms with Crippen LogP contribution in [-0.2, 0) is 6.18 Å². The van der Waals surface area contributed by atoms with Crippen molar-refractivity contribution in [1.82, 2.24) is 0 Å². The fourth-order valence-electron chi connectivity index (χ4n) is 1.38. The molecule has 0 saturated heterocycles. The number of alkyl halides is 3. The summed E-state index contributed by atoms with van der Waals surface area (Å²) in [6.45, 7) is 3.84. The van der Waals surface area contributed by atoms with Gasteiger partial charge < -0.3 is 5.32 Å². The van der Waals surface area contributed by atoms with Crippen LogP contribution < -0.4 is 5.32 Å². The monoisotopic (exact) mass is 244 g/mol. The minimum atomic E-state index is -4.32. The van der Waals surface area contributed by atoms with Crippen LogP contribution in [0.3, 0.4) is 0 Å². The van der Waals surface area contributed by atoms with Gasteiger partial charge in [0.05, 0.1) is 5.56 Å². The molecule has 0 bridgehead atoms. The first kappa shape index (κ1) is 13.5. The average Bonchev–Trinajstić information content (AvgIpc) is 2.24. The fourth-order valence-corrected chi connectivity index (χ4v) is 1.38. The summed E-state index contributed by atoms with van der Waals surface area (Å²) in [5.41, 5.74) is -0.268. The molecule has 0 radical (unpaired) electrons. The molecule has 1 aromatic rings. The van der Waals surface area contributed by atoms with Gasteiger partial charge in [0.15, 0.2) is 0 Å². The van der Waals surface area contributed by atoms with Crippen molar-refractivity contribution >= 4 is 11.5 Å². The van der Waals surface area contributed by atoms with Crippen molar-refractivity contribution in [2.75, 3.05) is 12.4 Å². The zero-order chi connectivity index (χ0) is 13.1. The Morgan fingerprint density at radius 1 is 1.29 bits per heavy atom. The molecule has 0 saturated carbocycles. The molecule has 1 N–H and O–H groups in total. The number of amidine groups is 1. The van der Waals surface area contributed by atoms with Gasteiger partial charge in [0.2, 0.25) is 0 Å². The van der Waals surface area contributed by atoms with Crippen LogP contribution in [0.25, 0.3) is 0 Å². The van der Waals surface area contributed by atoms with Crippen molar-refractivity contribution in [3.05, 3.63) is 29.8 Å². The molecule has 0 amide bonds. The predicted octanol–water partition coefficient (Wildman–Crippen LogP) is 3.80. The number of benzene rings is 1. The zero-order valence-corrected chi connectivity index (χ0v) is 9.97.